The second kappa shape index (κ2) is 10.8. The minimum absolute atomic E-state index is 0.182. The smallest absolute Gasteiger partial charge is 0.338 e. The first-order valence-electron chi connectivity index (χ1n) is 12.7. The van der Waals surface area contributed by atoms with E-state index in [1.165, 1.54) is 36.3 Å². The lowest BCUT2D eigenvalue weighted by atomic mass is 9.96. The molecule has 0 spiro atoms. The molecule has 1 saturated heterocycles. The van der Waals surface area contributed by atoms with Crippen molar-refractivity contribution in [2.75, 3.05) is 31.7 Å². The van der Waals surface area contributed by atoms with Crippen molar-refractivity contribution in [3.05, 3.63) is 90.6 Å². The fourth-order valence-electron chi connectivity index (χ4n) is 4.98. The van der Waals surface area contributed by atoms with Gasteiger partial charge in [-0.2, -0.15) is 0 Å². The first kappa shape index (κ1) is 25.0. The Kier molecular flexibility index (Phi) is 7.28. The van der Waals surface area contributed by atoms with Crippen molar-refractivity contribution >= 4 is 29.1 Å². The number of anilines is 1. The van der Waals surface area contributed by atoms with E-state index in [9.17, 15) is 9.59 Å². The van der Waals surface area contributed by atoms with E-state index < -0.39 is 12.0 Å². The van der Waals surface area contributed by atoms with Gasteiger partial charge in [0.05, 0.1) is 35.6 Å². The molecule has 1 atom stereocenters. The second-order valence-corrected chi connectivity index (χ2v) is 10.2. The van der Waals surface area contributed by atoms with E-state index in [0.717, 1.165) is 24.2 Å². The van der Waals surface area contributed by atoms with Crippen molar-refractivity contribution in [1.82, 2.24) is 4.57 Å². The molecular weight excluding hydrogens is 486 g/mol. The molecule has 7 nitrogen and oxygen atoms in total. The molecule has 0 N–H and O–H groups in total. The molecule has 5 rings (SSSR count). The van der Waals surface area contributed by atoms with Gasteiger partial charge in [0.2, 0.25) is 0 Å². The number of rotatable bonds is 6. The molecule has 2 aromatic carbocycles. The predicted molar refractivity (Wildman–Crippen MR) is 146 cm³/mol. The SMILES string of the molecule is CCOC(=O)C1=C(C)N=c2s/c(=C/c3ccc(N4CCCCC4)cc3)c(=O)n2[C@@H]1c1ccc(OC)cc1. The summed E-state index contributed by atoms with van der Waals surface area (Å²) in [6.07, 6.45) is 5.65. The molecule has 3 heterocycles. The molecule has 8 heteroatoms. The van der Waals surface area contributed by atoms with Crippen LogP contribution in [-0.2, 0) is 9.53 Å². The van der Waals surface area contributed by atoms with Crippen LogP contribution >= 0.6 is 11.3 Å². The zero-order valence-electron chi connectivity index (χ0n) is 21.4. The van der Waals surface area contributed by atoms with Gasteiger partial charge in [-0.15, -0.1) is 0 Å². The Morgan fingerprint density at radius 3 is 2.43 bits per heavy atom. The third-order valence-electron chi connectivity index (χ3n) is 6.86. The Labute approximate surface area is 220 Å². The third-order valence-corrected chi connectivity index (χ3v) is 7.84. The van der Waals surface area contributed by atoms with E-state index in [-0.39, 0.29) is 12.2 Å². The minimum atomic E-state index is -0.634. The number of aromatic nitrogens is 1. The van der Waals surface area contributed by atoms with E-state index in [1.807, 2.05) is 30.3 Å². The quantitative estimate of drug-likeness (QED) is 0.465. The van der Waals surface area contributed by atoms with Crippen LogP contribution in [0, 0.1) is 0 Å². The van der Waals surface area contributed by atoms with Crippen LogP contribution in [0.2, 0.25) is 0 Å². The maximum Gasteiger partial charge on any atom is 0.338 e. The second-order valence-electron chi connectivity index (χ2n) is 9.21. The third kappa shape index (κ3) is 4.98. The monoisotopic (exact) mass is 517 g/mol. The highest BCUT2D eigenvalue weighted by molar-refractivity contribution is 7.07. The van der Waals surface area contributed by atoms with E-state index in [1.54, 1.807) is 25.5 Å². The molecule has 37 heavy (non-hydrogen) atoms. The number of piperidine rings is 1. The largest absolute Gasteiger partial charge is 0.497 e. The molecule has 0 saturated carbocycles. The first-order chi connectivity index (χ1) is 18.0. The number of carbonyl (C=O) groups excluding carboxylic acids is 1. The van der Waals surface area contributed by atoms with Crippen LogP contribution in [0.15, 0.2) is 69.6 Å². The number of carbonyl (C=O) groups is 1. The Morgan fingerprint density at radius 1 is 1.08 bits per heavy atom. The number of methoxy groups -OCH3 is 1. The van der Waals surface area contributed by atoms with Crippen LogP contribution < -0.4 is 24.5 Å². The number of hydrogen-bond donors (Lipinski definition) is 0. The molecule has 1 aromatic heterocycles. The van der Waals surface area contributed by atoms with Gasteiger partial charge in [-0.3, -0.25) is 9.36 Å². The van der Waals surface area contributed by atoms with Gasteiger partial charge >= 0.3 is 5.97 Å². The van der Waals surface area contributed by atoms with E-state index in [4.69, 9.17) is 9.47 Å². The minimum Gasteiger partial charge on any atom is -0.497 e. The average molecular weight is 518 g/mol. The van der Waals surface area contributed by atoms with Gasteiger partial charge in [-0.05, 0) is 74.6 Å². The Morgan fingerprint density at radius 2 is 1.78 bits per heavy atom. The summed E-state index contributed by atoms with van der Waals surface area (Å²) in [5.41, 5.74) is 3.70. The number of fused-ring (bicyclic) bond motifs is 1. The summed E-state index contributed by atoms with van der Waals surface area (Å²) < 4.78 is 12.8. The molecular formula is C29H31N3O4S. The standard InChI is InChI=1S/C29H31N3O4S/c1-4-36-28(34)25-19(2)30-29-32(26(25)21-10-14-23(35-3)15-11-21)27(33)24(37-29)18-20-8-12-22(13-9-20)31-16-6-5-7-17-31/h8-15,18,26H,4-7,16-17H2,1-3H3/b24-18+/t26-/m1/s1. The van der Waals surface area contributed by atoms with Gasteiger partial charge in [-0.1, -0.05) is 35.6 Å². The summed E-state index contributed by atoms with van der Waals surface area (Å²) in [6, 6.07) is 15.1. The number of esters is 1. The molecule has 0 radical (unpaired) electrons. The van der Waals surface area contributed by atoms with Crippen molar-refractivity contribution < 1.29 is 14.3 Å². The van der Waals surface area contributed by atoms with Gasteiger partial charge in [0.25, 0.3) is 5.56 Å². The molecule has 0 aliphatic carbocycles. The van der Waals surface area contributed by atoms with Crippen LogP contribution in [0.4, 0.5) is 5.69 Å². The zero-order valence-corrected chi connectivity index (χ0v) is 22.2. The number of nitrogens with zero attached hydrogens (tertiary/aromatic N) is 3. The van der Waals surface area contributed by atoms with E-state index >= 15 is 0 Å². The highest BCUT2D eigenvalue weighted by Gasteiger charge is 2.33. The van der Waals surface area contributed by atoms with Crippen LogP contribution in [-0.4, -0.2) is 37.3 Å². The highest BCUT2D eigenvalue weighted by Crippen LogP contribution is 2.31. The van der Waals surface area contributed by atoms with Crippen LogP contribution in [0.25, 0.3) is 6.08 Å². The Balaban J connectivity index is 1.58. The molecule has 1 fully saturated rings. The summed E-state index contributed by atoms with van der Waals surface area (Å²) in [5, 5.41) is 0. The fourth-order valence-corrected chi connectivity index (χ4v) is 6.02. The lowest BCUT2D eigenvalue weighted by Gasteiger charge is -2.28. The van der Waals surface area contributed by atoms with Crippen molar-refractivity contribution in [3.63, 3.8) is 0 Å². The Bertz CT molecular complexity index is 1490. The van der Waals surface area contributed by atoms with Crippen LogP contribution in [0.1, 0.15) is 50.3 Å². The van der Waals surface area contributed by atoms with Gasteiger partial charge in [0.1, 0.15) is 5.75 Å². The highest BCUT2D eigenvalue weighted by atomic mass is 32.1. The maximum atomic E-state index is 13.7. The van der Waals surface area contributed by atoms with Crippen LogP contribution in [0.5, 0.6) is 5.75 Å². The molecule has 3 aromatic rings. The molecule has 2 aliphatic heterocycles. The van der Waals surface area contributed by atoms with Gasteiger partial charge in [0.15, 0.2) is 4.80 Å². The van der Waals surface area contributed by atoms with Crippen molar-refractivity contribution in [2.45, 2.75) is 39.2 Å². The average Bonchev–Trinajstić information content (AvgIpc) is 3.23. The fraction of sp³-hybridized carbons (Fsp3) is 0.345. The maximum absolute atomic E-state index is 13.7. The first-order valence-corrected chi connectivity index (χ1v) is 13.5. The molecule has 0 bridgehead atoms. The predicted octanol–water partition coefficient (Wildman–Crippen LogP) is 3.80. The topological polar surface area (TPSA) is 73.1 Å². The molecule has 2 aliphatic rings. The molecule has 192 valence electrons. The summed E-state index contributed by atoms with van der Waals surface area (Å²) in [7, 11) is 1.60. The van der Waals surface area contributed by atoms with E-state index in [2.05, 4.69) is 34.2 Å². The van der Waals surface area contributed by atoms with Crippen molar-refractivity contribution in [3.8, 4) is 5.75 Å². The summed E-state index contributed by atoms with van der Waals surface area (Å²) >= 11 is 1.33. The van der Waals surface area contributed by atoms with Gasteiger partial charge < -0.3 is 14.4 Å². The summed E-state index contributed by atoms with van der Waals surface area (Å²) in [4.78, 5) is 34.4. The number of hydrogen-bond acceptors (Lipinski definition) is 7. The summed E-state index contributed by atoms with van der Waals surface area (Å²) in [6.45, 7) is 5.97. The molecule has 0 unspecified atom stereocenters. The van der Waals surface area contributed by atoms with Gasteiger partial charge in [0, 0.05) is 18.8 Å². The zero-order chi connectivity index (χ0) is 25.9. The van der Waals surface area contributed by atoms with Crippen molar-refractivity contribution in [1.29, 1.82) is 0 Å². The number of ether oxygens (including phenoxy) is 2. The lowest BCUT2D eigenvalue weighted by molar-refractivity contribution is -0.139. The molecule has 0 amide bonds. The Hall–Kier alpha value is -3.65. The number of thiazole rings is 1. The lowest BCUT2D eigenvalue weighted by Crippen LogP contribution is -2.39. The number of allylic oxidation sites excluding steroid dienone is 1. The van der Waals surface area contributed by atoms with Gasteiger partial charge in [-0.25, -0.2) is 9.79 Å². The normalized spacial score (nSPS) is 17.9. The summed E-state index contributed by atoms with van der Waals surface area (Å²) in [5.74, 6) is 0.231. The van der Waals surface area contributed by atoms with Crippen molar-refractivity contribution in [2.24, 2.45) is 4.99 Å². The van der Waals surface area contributed by atoms with Crippen LogP contribution in [0.3, 0.4) is 0 Å². The number of benzene rings is 2. The van der Waals surface area contributed by atoms with E-state index in [0.29, 0.717) is 26.4 Å².